The number of benzene rings is 1. The molecule has 0 saturated carbocycles. The first-order valence-corrected chi connectivity index (χ1v) is 10.2. The van der Waals surface area contributed by atoms with E-state index < -0.39 is 0 Å². The van der Waals surface area contributed by atoms with Crippen molar-refractivity contribution in [3.05, 3.63) is 35.9 Å². The topological polar surface area (TPSA) is 96.5 Å². The van der Waals surface area contributed by atoms with E-state index in [-0.39, 0.29) is 43.0 Å². The summed E-state index contributed by atoms with van der Waals surface area (Å²) in [4.78, 5) is 53.3. The van der Waals surface area contributed by atoms with Crippen LogP contribution in [0.25, 0.3) is 0 Å². The molecule has 0 aromatic heterocycles. The Bertz CT molecular complexity index is 889. The van der Waals surface area contributed by atoms with Gasteiger partial charge < -0.3 is 19.3 Å². The van der Waals surface area contributed by atoms with Crippen LogP contribution < -0.4 is 9.47 Å². The van der Waals surface area contributed by atoms with Gasteiger partial charge in [0, 0.05) is 50.1 Å². The standard InChI is InChI=1S/C22H27N3O6/c1-4-5-15-12-16(13-17(30-2)21(15)31-3)22(29)24-10-8-23(9-11-24)20(28)14-25-18(26)6-7-19(25)27/h4,12-13H,1,5-11,14H2,2-3H3. The molecule has 0 bridgehead atoms. The lowest BCUT2D eigenvalue weighted by Gasteiger charge is -2.35. The van der Waals surface area contributed by atoms with Crippen LogP contribution in [0.3, 0.4) is 0 Å². The van der Waals surface area contributed by atoms with Crippen molar-refractivity contribution < 1.29 is 28.7 Å². The normalized spacial score (nSPS) is 16.5. The van der Waals surface area contributed by atoms with Crippen molar-refractivity contribution in [1.82, 2.24) is 14.7 Å². The Balaban J connectivity index is 1.65. The minimum Gasteiger partial charge on any atom is -0.493 e. The second-order valence-electron chi connectivity index (χ2n) is 7.41. The molecule has 1 aromatic carbocycles. The molecule has 31 heavy (non-hydrogen) atoms. The van der Waals surface area contributed by atoms with Crippen LogP contribution in [-0.4, -0.2) is 85.3 Å². The molecular weight excluding hydrogens is 402 g/mol. The summed E-state index contributed by atoms with van der Waals surface area (Å²) < 4.78 is 10.8. The molecule has 4 amide bonds. The summed E-state index contributed by atoms with van der Waals surface area (Å²) in [6.45, 7) is 4.92. The number of carbonyl (C=O) groups is 4. The second kappa shape index (κ2) is 9.63. The number of amides is 4. The van der Waals surface area contributed by atoms with Crippen molar-refractivity contribution >= 4 is 23.6 Å². The highest BCUT2D eigenvalue weighted by molar-refractivity contribution is 6.04. The van der Waals surface area contributed by atoms with Crippen LogP contribution in [0.2, 0.25) is 0 Å². The van der Waals surface area contributed by atoms with E-state index in [1.54, 1.807) is 35.1 Å². The molecule has 2 heterocycles. The van der Waals surface area contributed by atoms with Crippen molar-refractivity contribution in [2.24, 2.45) is 0 Å². The van der Waals surface area contributed by atoms with Crippen LogP contribution >= 0.6 is 0 Å². The Morgan fingerprint density at radius 2 is 1.61 bits per heavy atom. The Morgan fingerprint density at radius 3 is 2.16 bits per heavy atom. The Labute approximate surface area is 181 Å². The third-order valence-electron chi connectivity index (χ3n) is 5.53. The highest BCUT2D eigenvalue weighted by atomic mass is 16.5. The van der Waals surface area contributed by atoms with Gasteiger partial charge in [0.1, 0.15) is 6.54 Å². The largest absolute Gasteiger partial charge is 0.493 e. The molecule has 166 valence electrons. The fraction of sp³-hybridized carbons (Fsp3) is 0.455. The van der Waals surface area contributed by atoms with Crippen molar-refractivity contribution in [3.63, 3.8) is 0 Å². The molecule has 9 heteroatoms. The number of hydrogen-bond acceptors (Lipinski definition) is 6. The van der Waals surface area contributed by atoms with E-state index >= 15 is 0 Å². The quantitative estimate of drug-likeness (QED) is 0.471. The molecule has 0 radical (unpaired) electrons. The number of hydrogen-bond donors (Lipinski definition) is 0. The molecule has 1 aromatic rings. The summed E-state index contributed by atoms with van der Waals surface area (Å²) in [5.74, 6) is -0.0235. The minimum absolute atomic E-state index is 0.160. The molecule has 0 atom stereocenters. The maximum absolute atomic E-state index is 13.1. The molecule has 3 rings (SSSR count). The van der Waals surface area contributed by atoms with E-state index in [4.69, 9.17) is 9.47 Å². The van der Waals surface area contributed by atoms with Crippen LogP contribution in [0, 0.1) is 0 Å². The average Bonchev–Trinajstić information content (AvgIpc) is 3.10. The molecule has 0 N–H and O–H groups in total. The van der Waals surface area contributed by atoms with Gasteiger partial charge >= 0.3 is 0 Å². The molecule has 0 spiro atoms. The number of likely N-dealkylation sites (tertiary alicyclic amines) is 1. The SMILES string of the molecule is C=CCc1cc(C(=O)N2CCN(C(=O)CN3C(=O)CCC3=O)CC2)cc(OC)c1OC. The highest BCUT2D eigenvalue weighted by Gasteiger charge is 2.33. The van der Waals surface area contributed by atoms with E-state index in [0.29, 0.717) is 49.7 Å². The first kappa shape index (κ1) is 22.3. The molecule has 2 fully saturated rings. The van der Waals surface area contributed by atoms with E-state index in [0.717, 1.165) is 10.5 Å². The predicted molar refractivity (Wildman–Crippen MR) is 112 cm³/mol. The zero-order chi connectivity index (χ0) is 22.5. The zero-order valence-corrected chi connectivity index (χ0v) is 17.9. The summed E-state index contributed by atoms with van der Waals surface area (Å²) in [7, 11) is 3.06. The number of piperazine rings is 1. The van der Waals surface area contributed by atoms with Gasteiger partial charge in [-0.15, -0.1) is 6.58 Å². The molecule has 2 aliphatic heterocycles. The third kappa shape index (κ3) is 4.70. The van der Waals surface area contributed by atoms with Gasteiger partial charge in [-0.05, 0) is 18.6 Å². The molecule has 0 unspecified atom stereocenters. The molecule has 2 saturated heterocycles. The molecule has 9 nitrogen and oxygen atoms in total. The van der Waals surface area contributed by atoms with Crippen LogP contribution in [-0.2, 0) is 20.8 Å². The molecule has 2 aliphatic rings. The Kier molecular flexibility index (Phi) is 6.94. The monoisotopic (exact) mass is 429 g/mol. The lowest BCUT2D eigenvalue weighted by atomic mass is 10.0. The average molecular weight is 429 g/mol. The fourth-order valence-electron chi connectivity index (χ4n) is 3.85. The number of rotatable bonds is 7. The van der Waals surface area contributed by atoms with Crippen LogP contribution in [0.5, 0.6) is 11.5 Å². The number of allylic oxidation sites excluding steroid dienone is 1. The minimum atomic E-state index is -0.309. The number of imide groups is 1. The van der Waals surface area contributed by atoms with Crippen LogP contribution in [0.1, 0.15) is 28.8 Å². The zero-order valence-electron chi connectivity index (χ0n) is 17.9. The predicted octanol–water partition coefficient (Wildman–Crippen LogP) is 0.866. The van der Waals surface area contributed by atoms with E-state index in [1.165, 1.54) is 7.11 Å². The van der Waals surface area contributed by atoms with Crippen LogP contribution in [0.15, 0.2) is 24.8 Å². The van der Waals surface area contributed by atoms with Gasteiger partial charge in [-0.2, -0.15) is 0 Å². The molecular formula is C22H27N3O6. The Morgan fingerprint density at radius 1 is 1.00 bits per heavy atom. The van der Waals surface area contributed by atoms with Gasteiger partial charge in [0.25, 0.3) is 5.91 Å². The van der Waals surface area contributed by atoms with Gasteiger partial charge in [0.05, 0.1) is 14.2 Å². The van der Waals surface area contributed by atoms with Gasteiger partial charge in [-0.1, -0.05) is 6.08 Å². The van der Waals surface area contributed by atoms with Crippen molar-refractivity contribution in [3.8, 4) is 11.5 Å². The first-order chi connectivity index (χ1) is 14.9. The van der Waals surface area contributed by atoms with E-state index in [2.05, 4.69) is 6.58 Å². The summed E-state index contributed by atoms with van der Waals surface area (Å²) >= 11 is 0. The van der Waals surface area contributed by atoms with E-state index in [9.17, 15) is 19.2 Å². The van der Waals surface area contributed by atoms with Gasteiger partial charge in [0.2, 0.25) is 17.7 Å². The number of methoxy groups -OCH3 is 2. The lowest BCUT2D eigenvalue weighted by Crippen LogP contribution is -2.53. The number of carbonyl (C=O) groups excluding carboxylic acids is 4. The summed E-state index contributed by atoms with van der Waals surface area (Å²) in [6, 6.07) is 3.42. The molecule has 0 aliphatic carbocycles. The smallest absolute Gasteiger partial charge is 0.254 e. The van der Waals surface area contributed by atoms with Gasteiger partial charge in [-0.25, -0.2) is 0 Å². The second-order valence-corrected chi connectivity index (χ2v) is 7.41. The van der Waals surface area contributed by atoms with Crippen LogP contribution in [0.4, 0.5) is 0 Å². The Hall–Kier alpha value is -3.36. The number of nitrogens with zero attached hydrogens (tertiary/aromatic N) is 3. The van der Waals surface area contributed by atoms with Crippen molar-refractivity contribution in [2.75, 3.05) is 46.9 Å². The highest BCUT2D eigenvalue weighted by Crippen LogP contribution is 2.33. The fourth-order valence-corrected chi connectivity index (χ4v) is 3.85. The summed E-state index contributed by atoms with van der Waals surface area (Å²) in [5, 5.41) is 0. The van der Waals surface area contributed by atoms with Crippen molar-refractivity contribution in [1.29, 1.82) is 0 Å². The summed E-state index contributed by atoms with van der Waals surface area (Å²) in [6.07, 6.45) is 2.57. The van der Waals surface area contributed by atoms with Gasteiger partial charge in [0.15, 0.2) is 11.5 Å². The third-order valence-corrected chi connectivity index (χ3v) is 5.53. The van der Waals surface area contributed by atoms with E-state index in [1.807, 2.05) is 0 Å². The maximum atomic E-state index is 13.1. The van der Waals surface area contributed by atoms with Crippen molar-refractivity contribution in [2.45, 2.75) is 19.3 Å². The van der Waals surface area contributed by atoms with Gasteiger partial charge in [-0.3, -0.25) is 24.1 Å². The lowest BCUT2D eigenvalue weighted by molar-refractivity contribution is -0.146. The summed E-state index contributed by atoms with van der Waals surface area (Å²) in [5.41, 5.74) is 1.27. The first-order valence-electron chi connectivity index (χ1n) is 10.2. The number of ether oxygens (including phenoxy) is 2. The maximum Gasteiger partial charge on any atom is 0.254 e.